The Labute approximate surface area is 163 Å². The van der Waals surface area contributed by atoms with E-state index in [2.05, 4.69) is 10.4 Å². The van der Waals surface area contributed by atoms with Crippen LogP contribution in [-0.2, 0) is 31.3 Å². The second kappa shape index (κ2) is 7.61. The van der Waals surface area contributed by atoms with Crippen molar-refractivity contribution < 1.29 is 18.7 Å². The summed E-state index contributed by atoms with van der Waals surface area (Å²) in [4.78, 5) is 26.6. The van der Waals surface area contributed by atoms with Crippen molar-refractivity contribution >= 4 is 12.0 Å². The third-order valence-electron chi connectivity index (χ3n) is 4.51. The van der Waals surface area contributed by atoms with Gasteiger partial charge in [0.05, 0.1) is 6.54 Å². The molecule has 1 aliphatic heterocycles. The van der Waals surface area contributed by atoms with Crippen molar-refractivity contribution in [1.82, 2.24) is 20.0 Å². The van der Waals surface area contributed by atoms with Crippen LogP contribution in [0, 0.1) is 5.82 Å². The number of fused-ring (bicyclic) bond motifs is 1. The third kappa shape index (κ3) is 4.32. The first-order chi connectivity index (χ1) is 13.2. The van der Waals surface area contributed by atoms with Gasteiger partial charge in [-0.25, -0.2) is 9.18 Å². The number of hydrogen-bond acceptors (Lipinski definition) is 4. The topological polar surface area (TPSA) is 76.5 Å². The van der Waals surface area contributed by atoms with Gasteiger partial charge in [-0.1, -0.05) is 18.2 Å². The van der Waals surface area contributed by atoms with E-state index >= 15 is 0 Å². The largest absolute Gasteiger partial charge is 0.444 e. The number of hydrogen-bond donors (Lipinski definition) is 1. The monoisotopic (exact) mass is 388 g/mol. The van der Waals surface area contributed by atoms with Gasteiger partial charge in [-0.05, 0) is 26.8 Å². The van der Waals surface area contributed by atoms with Gasteiger partial charge in [0.1, 0.15) is 11.4 Å². The SMILES string of the molecule is Cn1nc(C(=O)NCc2ccccc2F)c2c1CCN(C(=O)OC(C)(C)C)C2. The predicted molar refractivity (Wildman–Crippen MR) is 101 cm³/mol. The highest BCUT2D eigenvalue weighted by Crippen LogP contribution is 2.24. The molecular formula is C20H25FN4O3. The Hall–Kier alpha value is -2.90. The zero-order chi connectivity index (χ0) is 20.5. The fourth-order valence-electron chi connectivity index (χ4n) is 3.16. The summed E-state index contributed by atoms with van der Waals surface area (Å²) in [5.74, 6) is -0.770. The Morgan fingerprint density at radius 1 is 1.29 bits per heavy atom. The van der Waals surface area contributed by atoms with Gasteiger partial charge in [-0.15, -0.1) is 0 Å². The number of aryl methyl sites for hydroxylation is 1. The van der Waals surface area contributed by atoms with E-state index in [-0.39, 0.29) is 24.6 Å². The van der Waals surface area contributed by atoms with Crippen molar-refractivity contribution in [2.75, 3.05) is 6.54 Å². The van der Waals surface area contributed by atoms with Crippen molar-refractivity contribution in [3.8, 4) is 0 Å². The fourth-order valence-corrected chi connectivity index (χ4v) is 3.16. The molecule has 1 aliphatic rings. The molecule has 0 fully saturated rings. The molecule has 1 N–H and O–H groups in total. The van der Waals surface area contributed by atoms with Gasteiger partial charge in [0.2, 0.25) is 0 Å². The number of carbonyl (C=O) groups excluding carboxylic acids is 2. The molecule has 2 amide bonds. The molecule has 2 heterocycles. The number of aromatic nitrogens is 2. The summed E-state index contributed by atoms with van der Waals surface area (Å²) < 4.78 is 20.9. The van der Waals surface area contributed by atoms with Crippen LogP contribution in [0.2, 0.25) is 0 Å². The third-order valence-corrected chi connectivity index (χ3v) is 4.51. The Morgan fingerprint density at radius 2 is 2.00 bits per heavy atom. The van der Waals surface area contributed by atoms with Gasteiger partial charge >= 0.3 is 6.09 Å². The molecule has 1 aromatic carbocycles. The molecule has 0 spiro atoms. The number of carbonyl (C=O) groups is 2. The molecule has 7 nitrogen and oxygen atoms in total. The van der Waals surface area contributed by atoms with Crippen molar-refractivity contribution in [1.29, 1.82) is 0 Å². The lowest BCUT2D eigenvalue weighted by molar-refractivity contribution is 0.0221. The molecule has 2 aromatic rings. The first kappa shape index (κ1) is 19.9. The molecule has 0 radical (unpaired) electrons. The summed E-state index contributed by atoms with van der Waals surface area (Å²) in [6, 6.07) is 6.28. The van der Waals surface area contributed by atoms with E-state index in [0.717, 1.165) is 5.69 Å². The highest BCUT2D eigenvalue weighted by atomic mass is 19.1. The summed E-state index contributed by atoms with van der Waals surface area (Å²) in [6.07, 6.45) is 0.165. The summed E-state index contributed by atoms with van der Waals surface area (Å²) in [6.45, 7) is 6.24. The maximum Gasteiger partial charge on any atom is 0.410 e. The van der Waals surface area contributed by atoms with Gasteiger partial charge in [0.25, 0.3) is 5.91 Å². The van der Waals surface area contributed by atoms with Crippen LogP contribution in [0.15, 0.2) is 24.3 Å². The molecule has 28 heavy (non-hydrogen) atoms. The van der Waals surface area contributed by atoms with Crippen LogP contribution in [0.3, 0.4) is 0 Å². The second-order valence-corrected chi connectivity index (χ2v) is 7.82. The molecule has 0 atom stereocenters. The second-order valence-electron chi connectivity index (χ2n) is 7.82. The van der Waals surface area contributed by atoms with Gasteiger partial charge in [0.15, 0.2) is 5.69 Å². The van der Waals surface area contributed by atoms with E-state index in [1.807, 2.05) is 20.8 Å². The van der Waals surface area contributed by atoms with Crippen molar-refractivity contribution in [2.45, 2.75) is 45.9 Å². The Bertz CT molecular complexity index is 901. The maximum atomic E-state index is 13.8. The van der Waals surface area contributed by atoms with E-state index in [1.165, 1.54) is 6.07 Å². The fraction of sp³-hybridized carbons (Fsp3) is 0.450. The predicted octanol–water partition coefficient (Wildman–Crippen LogP) is 2.78. The van der Waals surface area contributed by atoms with E-state index < -0.39 is 17.6 Å². The zero-order valence-electron chi connectivity index (χ0n) is 16.6. The maximum absolute atomic E-state index is 13.8. The Balaban J connectivity index is 1.75. The average molecular weight is 388 g/mol. The lowest BCUT2D eigenvalue weighted by Crippen LogP contribution is -2.40. The normalized spacial score (nSPS) is 13.8. The van der Waals surface area contributed by atoms with E-state index in [9.17, 15) is 14.0 Å². The number of rotatable bonds is 3. The van der Waals surface area contributed by atoms with E-state index in [4.69, 9.17) is 4.74 Å². The first-order valence-electron chi connectivity index (χ1n) is 9.20. The first-order valence-corrected chi connectivity index (χ1v) is 9.20. The summed E-state index contributed by atoms with van der Waals surface area (Å²) in [7, 11) is 1.77. The Kier molecular flexibility index (Phi) is 5.40. The minimum absolute atomic E-state index is 0.0621. The van der Waals surface area contributed by atoms with Crippen molar-refractivity contribution in [3.63, 3.8) is 0 Å². The number of nitrogens with zero attached hydrogens (tertiary/aromatic N) is 3. The number of halogens is 1. The number of ether oxygens (including phenoxy) is 1. The standard InChI is InChI=1S/C20H25FN4O3/c1-20(2,3)28-19(27)25-10-9-16-14(12-25)17(23-24(16)4)18(26)22-11-13-7-5-6-8-15(13)21/h5-8H,9-12H2,1-4H3,(H,22,26). The van der Waals surface area contributed by atoms with Crippen LogP contribution in [0.25, 0.3) is 0 Å². The van der Waals surface area contributed by atoms with Crippen molar-refractivity contribution in [2.24, 2.45) is 7.05 Å². The summed E-state index contributed by atoms with van der Waals surface area (Å²) in [5, 5.41) is 7.04. The lowest BCUT2D eigenvalue weighted by atomic mass is 10.0. The molecule has 150 valence electrons. The van der Waals surface area contributed by atoms with Crippen LogP contribution in [0.1, 0.15) is 48.1 Å². The summed E-state index contributed by atoms with van der Waals surface area (Å²) in [5.41, 5.74) is 1.67. The zero-order valence-corrected chi connectivity index (χ0v) is 16.6. The van der Waals surface area contributed by atoms with E-state index in [0.29, 0.717) is 24.1 Å². The molecular weight excluding hydrogens is 363 g/mol. The van der Waals surface area contributed by atoms with Crippen LogP contribution >= 0.6 is 0 Å². The van der Waals surface area contributed by atoms with E-state index in [1.54, 1.807) is 34.8 Å². The van der Waals surface area contributed by atoms with Gasteiger partial charge < -0.3 is 15.0 Å². The number of amides is 2. The van der Waals surface area contributed by atoms with Crippen LogP contribution in [0.4, 0.5) is 9.18 Å². The quantitative estimate of drug-likeness (QED) is 0.877. The van der Waals surface area contributed by atoms with Gasteiger partial charge in [-0.3, -0.25) is 9.48 Å². The smallest absolute Gasteiger partial charge is 0.410 e. The van der Waals surface area contributed by atoms with Crippen molar-refractivity contribution in [3.05, 3.63) is 52.6 Å². The minimum Gasteiger partial charge on any atom is -0.444 e. The molecule has 1 aromatic heterocycles. The number of benzene rings is 1. The average Bonchev–Trinajstić information content (AvgIpc) is 2.96. The summed E-state index contributed by atoms with van der Waals surface area (Å²) >= 11 is 0. The van der Waals surface area contributed by atoms with Gasteiger partial charge in [0, 0.05) is 43.4 Å². The van der Waals surface area contributed by atoms with Crippen LogP contribution in [-0.4, -0.2) is 38.8 Å². The highest BCUT2D eigenvalue weighted by Gasteiger charge is 2.31. The minimum atomic E-state index is -0.591. The molecule has 8 heteroatoms. The molecule has 0 unspecified atom stereocenters. The molecule has 0 bridgehead atoms. The lowest BCUT2D eigenvalue weighted by Gasteiger charge is -2.30. The highest BCUT2D eigenvalue weighted by molar-refractivity contribution is 5.94. The van der Waals surface area contributed by atoms with Crippen LogP contribution < -0.4 is 5.32 Å². The Morgan fingerprint density at radius 3 is 2.68 bits per heavy atom. The molecule has 0 aliphatic carbocycles. The number of nitrogens with one attached hydrogen (secondary N) is 1. The molecule has 0 saturated heterocycles. The van der Waals surface area contributed by atoms with Gasteiger partial charge in [-0.2, -0.15) is 5.10 Å². The molecule has 0 saturated carbocycles. The van der Waals surface area contributed by atoms with Crippen LogP contribution in [0.5, 0.6) is 0 Å². The molecule has 3 rings (SSSR count).